The van der Waals surface area contributed by atoms with Crippen molar-refractivity contribution in [3.8, 4) is 5.75 Å². The predicted octanol–water partition coefficient (Wildman–Crippen LogP) is 2.06. The van der Waals surface area contributed by atoms with Crippen LogP contribution in [0.2, 0.25) is 0 Å². The summed E-state index contributed by atoms with van der Waals surface area (Å²) >= 11 is 0. The molecule has 1 aromatic carbocycles. The molecule has 1 saturated heterocycles. The van der Waals surface area contributed by atoms with Crippen LogP contribution in [0.4, 0.5) is 0 Å². The van der Waals surface area contributed by atoms with Crippen molar-refractivity contribution < 1.29 is 19.4 Å². The van der Waals surface area contributed by atoms with E-state index in [0.29, 0.717) is 12.3 Å². The number of carbonyl (C=O) groups is 2. The van der Waals surface area contributed by atoms with Gasteiger partial charge in [-0.2, -0.15) is 0 Å². The third-order valence-electron chi connectivity index (χ3n) is 4.57. The molecule has 0 spiro atoms. The number of hydrogen-bond donors (Lipinski definition) is 2. The fourth-order valence-corrected chi connectivity index (χ4v) is 3.14. The minimum absolute atomic E-state index is 0.178. The van der Waals surface area contributed by atoms with Crippen LogP contribution in [0.3, 0.4) is 0 Å². The smallest absolute Gasteiger partial charge is 0.290 e. The van der Waals surface area contributed by atoms with Crippen LogP contribution < -0.4 is 4.74 Å². The van der Waals surface area contributed by atoms with Gasteiger partial charge in [0.1, 0.15) is 5.75 Å². The van der Waals surface area contributed by atoms with Crippen LogP contribution in [0, 0.1) is 12.8 Å². The summed E-state index contributed by atoms with van der Waals surface area (Å²) in [7, 11) is 1.68. The summed E-state index contributed by atoms with van der Waals surface area (Å²) in [5.41, 5.74) is 3.13. The summed E-state index contributed by atoms with van der Waals surface area (Å²) in [6, 6.07) is 8.20. The van der Waals surface area contributed by atoms with Crippen molar-refractivity contribution in [3.05, 3.63) is 47.5 Å². The summed E-state index contributed by atoms with van der Waals surface area (Å²) in [5.74, 6) is 1.59. The van der Waals surface area contributed by atoms with Crippen LogP contribution in [0.25, 0.3) is 0 Å². The molecule has 0 saturated carbocycles. The van der Waals surface area contributed by atoms with Gasteiger partial charge in [-0.3, -0.25) is 9.59 Å². The maximum Gasteiger partial charge on any atom is 0.290 e. The van der Waals surface area contributed by atoms with Crippen molar-refractivity contribution >= 4 is 12.4 Å². The molecule has 0 radical (unpaired) electrons. The number of likely N-dealkylation sites (tertiary alicyclic amines) is 1. The van der Waals surface area contributed by atoms with Gasteiger partial charge < -0.3 is 19.7 Å². The Hall–Kier alpha value is -2.83. The van der Waals surface area contributed by atoms with Crippen molar-refractivity contribution in [2.24, 2.45) is 5.92 Å². The molecule has 26 heavy (non-hydrogen) atoms. The molecule has 2 N–H and O–H groups in total. The monoisotopic (exact) mass is 359 g/mol. The van der Waals surface area contributed by atoms with E-state index in [2.05, 4.69) is 22.1 Å². The third kappa shape index (κ3) is 5.34. The second kappa shape index (κ2) is 9.60. The molecule has 0 bridgehead atoms. The zero-order valence-corrected chi connectivity index (χ0v) is 15.1. The first-order valence-electron chi connectivity index (χ1n) is 8.54. The second-order valence-electron chi connectivity index (χ2n) is 6.30. The summed E-state index contributed by atoms with van der Waals surface area (Å²) < 4.78 is 5.19. The maximum atomic E-state index is 12.4. The molecule has 1 aliphatic heterocycles. The first-order valence-corrected chi connectivity index (χ1v) is 8.54. The zero-order chi connectivity index (χ0) is 18.9. The van der Waals surface area contributed by atoms with Gasteiger partial charge in [0.05, 0.1) is 25.6 Å². The standard InChI is InChI=1S/C18H23N3O2.CH2O2/c1-13-17(20-12-19-13)10-18(22)21-8-7-15(11-21)9-14-3-5-16(23-2)6-4-14;2-1-3/h3-6,12,15H,7-11H2,1-2H3,(H,19,20);1H,(H,2,3). The molecular weight excluding hydrogens is 334 g/mol. The number of imidazole rings is 1. The highest BCUT2D eigenvalue weighted by Crippen LogP contribution is 2.23. The van der Waals surface area contributed by atoms with E-state index in [4.69, 9.17) is 14.6 Å². The maximum absolute atomic E-state index is 12.4. The molecule has 2 heterocycles. The Morgan fingerprint density at radius 1 is 1.42 bits per heavy atom. The molecule has 2 aromatic rings. The van der Waals surface area contributed by atoms with Crippen molar-refractivity contribution in [2.45, 2.75) is 26.2 Å². The highest BCUT2D eigenvalue weighted by molar-refractivity contribution is 5.78. The number of nitrogens with zero attached hydrogens (tertiary/aromatic N) is 2. The summed E-state index contributed by atoms with van der Waals surface area (Å²) in [6.45, 7) is 3.39. The lowest BCUT2D eigenvalue weighted by Crippen LogP contribution is -2.30. The normalized spacial score (nSPS) is 15.9. The molecule has 0 aliphatic carbocycles. The van der Waals surface area contributed by atoms with Gasteiger partial charge in [0.15, 0.2) is 0 Å². The minimum Gasteiger partial charge on any atom is -0.497 e. The molecular formula is C19H25N3O4. The summed E-state index contributed by atoms with van der Waals surface area (Å²) in [4.78, 5) is 30.0. The number of benzene rings is 1. The summed E-state index contributed by atoms with van der Waals surface area (Å²) in [6.07, 6.45) is 4.12. The van der Waals surface area contributed by atoms with Crippen LogP contribution in [0.15, 0.2) is 30.6 Å². The number of nitrogens with one attached hydrogen (secondary N) is 1. The number of carbonyl (C=O) groups excluding carboxylic acids is 1. The number of methoxy groups -OCH3 is 1. The van der Waals surface area contributed by atoms with Crippen LogP contribution in [-0.4, -0.2) is 52.6 Å². The first kappa shape index (κ1) is 19.5. The Bertz CT molecular complexity index is 712. The topological polar surface area (TPSA) is 95.5 Å². The van der Waals surface area contributed by atoms with Gasteiger partial charge in [0.2, 0.25) is 5.91 Å². The largest absolute Gasteiger partial charge is 0.497 e. The van der Waals surface area contributed by atoms with Crippen molar-refractivity contribution in [1.82, 2.24) is 14.9 Å². The highest BCUT2D eigenvalue weighted by Gasteiger charge is 2.26. The minimum atomic E-state index is -0.250. The number of hydrogen-bond acceptors (Lipinski definition) is 4. The second-order valence-corrected chi connectivity index (χ2v) is 6.30. The van der Waals surface area contributed by atoms with E-state index in [0.717, 1.165) is 43.1 Å². The molecule has 1 aromatic heterocycles. The Kier molecular flexibility index (Phi) is 7.20. The van der Waals surface area contributed by atoms with E-state index < -0.39 is 0 Å². The molecule has 7 heteroatoms. The van der Waals surface area contributed by atoms with Gasteiger partial charge in [-0.25, -0.2) is 4.98 Å². The number of ether oxygens (including phenoxy) is 1. The average molecular weight is 359 g/mol. The lowest BCUT2D eigenvalue weighted by molar-refractivity contribution is -0.129. The molecule has 1 unspecified atom stereocenters. The van der Waals surface area contributed by atoms with E-state index in [1.807, 2.05) is 24.0 Å². The lowest BCUT2D eigenvalue weighted by atomic mass is 9.99. The van der Waals surface area contributed by atoms with Gasteiger partial charge in [-0.15, -0.1) is 0 Å². The number of rotatable bonds is 5. The fraction of sp³-hybridized carbons (Fsp3) is 0.421. The third-order valence-corrected chi connectivity index (χ3v) is 4.57. The highest BCUT2D eigenvalue weighted by atomic mass is 16.5. The van der Waals surface area contributed by atoms with Crippen LogP contribution in [0.5, 0.6) is 5.75 Å². The SMILES string of the molecule is COc1ccc(CC2CCN(C(=O)Cc3nc[nH]c3C)C2)cc1.O=CO. The Morgan fingerprint density at radius 2 is 2.12 bits per heavy atom. The van der Waals surface area contributed by atoms with Crippen LogP contribution in [0.1, 0.15) is 23.4 Å². The molecule has 140 valence electrons. The van der Waals surface area contributed by atoms with E-state index in [9.17, 15) is 4.79 Å². The molecule has 7 nitrogen and oxygen atoms in total. The van der Waals surface area contributed by atoms with Gasteiger partial charge in [0, 0.05) is 18.8 Å². The molecule has 3 rings (SSSR count). The van der Waals surface area contributed by atoms with E-state index >= 15 is 0 Å². The van der Waals surface area contributed by atoms with Gasteiger partial charge >= 0.3 is 0 Å². The number of aromatic nitrogens is 2. The molecule has 1 amide bonds. The van der Waals surface area contributed by atoms with E-state index in [1.165, 1.54) is 5.56 Å². The number of carboxylic acid groups (broad SMARTS) is 1. The summed E-state index contributed by atoms with van der Waals surface area (Å²) in [5, 5.41) is 6.89. The van der Waals surface area contributed by atoms with E-state index in [1.54, 1.807) is 13.4 Å². The lowest BCUT2D eigenvalue weighted by Gasteiger charge is -2.16. The van der Waals surface area contributed by atoms with Crippen molar-refractivity contribution in [2.75, 3.05) is 20.2 Å². The van der Waals surface area contributed by atoms with Gasteiger partial charge in [-0.05, 0) is 43.4 Å². The number of aryl methyl sites for hydroxylation is 1. The number of H-pyrrole nitrogens is 1. The quantitative estimate of drug-likeness (QED) is 0.797. The van der Waals surface area contributed by atoms with Gasteiger partial charge in [-0.1, -0.05) is 12.1 Å². The predicted molar refractivity (Wildman–Crippen MR) is 97.1 cm³/mol. The van der Waals surface area contributed by atoms with Crippen LogP contribution in [-0.2, 0) is 22.4 Å². The Morgan fingerprint density at radius 3 is 2.69 bits per heavy atom. The Balaban J connectivity index is 0.000000758. The van der Waals surface area contributed by atoms with Crippen LogP contribution >= 0.6 is 0 Å². The fourth-order valence-electron chi connectivity index (χ4n) is 3.14. The number of aromatic amines is 1. The first-order chi connectivity index (χ1) is 12.6. The Labute approximate surface area is 153 Å². The van der Waals surface area contributed by atoms with E-state index in [-0.39, 0.29) is 12.4 Å². The van der Waals surface area contributed by atoms with Crippen molar-refractivity contribution in [1.29, 1.82) is 0 Å². The van der Waals surface area contributed by atoms with Gasteiger partial charge in [0.25, 0.3) is 6.47 Å². The van der Waals surface area contributed by atoms with Crippen molar-refractivity contribution in [3.63, 3.8) is 0 Å². The molecule has 1 aliphatic rings. The molecule has 1 atom stereocenters. The number of amides is 1. The zero-order valence-electron chi connectivity index (χ0n) is 15.1. The molecule has 1 fully saturated rings. The average Bonchev–Trinajstić information content (AvgIpc) is 3.26.